The van der Waals surface area contributed by atoms with Crippen LogP contribution in [0.2, 0.25) is 15.1 Å². The molecule has 3 nitrogen and oxygen atoms in total. The van der Waals surface area contributed by atoms with E-state index in [0.29, 0.717) is 22.0 Å². The van der Waals surface area contributed by atoms with Gasteiger partial charge in [0, 0.05) is 10.0 Å². The molecule has 2 rings (SSSR count). The summed E-state index contributed by atoms with van der Waals surface area (Å²) in [5, 5.41) is 5.57. The van der Waals surface area contributed by atoms with E-state index in [1.165, 1.54) is 6.07 Å². The van der Waals surface area contributed by atoms with Crippen LogP contribution in [0.1, 0.15) is 29.3 Å². The minimum Gasteiger partial charge on any atom is -0.267 e. The SMILES string of the molecule is CC/C(=N\NC(=O)c1ccc(Cl)cc1Cl)c1ccc(Cl)cc1. The number of halogens is 3. The molecule has 0 radical (unpaired) electrons. The standard InChI is InChI=1S/C16H13Cl3N2O/c1-2-15(10-3-5-11(17)6-4-10)20-21-16(22)13-8-7-12(18)9-14(13)19/h3-9H,2H2,1H3,(H,21,22)/b20-15+. The Morgan fingerprint density at radius 3 is 2.27 bits per heavy atom. The lowest BCUT2D eigenvalue weighted by Gasteiger charge is -2.07. The van der Waals surface area contributed by atoms with Gasteiger partial charge in [-0.05, 0) is 42.3 Å². The first kappa shape index (κ1) is 16.8. The Kier molecular flexibility index (Phi) is 5.83. The van der Waals surface area contributed by atoms with Gasteiger partial charge >= 0.3 is 0 Å². The maximum atomic E-state index is 12.1. The number of hydrogen-bond acceptors (Lipinski definition) is 2. The number of carbonyl (C=O) groups excluding carboxylic acids is 1. The molecular weight excluding hydrogens is 343 g/mol. The lowest BCUT2D eigenvalue weighted by Crippen LogP contribution is -2.20. The summed E-state index contributed by atoms with van der Waals surface area (Å²) in [5.74, 6) is -0.387. The Bertz CT molecular complexity index is 712. The van der Waals surface area contributed by atoms with E-state index in [-0.39, 0.29) is 10.9 Å². The van der Waals surface area contributed by atoms with Gasteiger partial charge in [-0.3, -0.25) is 4.79 Å². The van der Waals surface area contributed by atoms with E-state index >= 15 is 0 Å². The predicted octanol–water partition coefficient (Wildman–Crippen LogP) is 5.19. The van der Waals surface area contributed by atoms with Gasteiger partial charge in [0.15, 0.2) is 0 Å². The average Bonchev–Trinajstić information content (AvgIpc) is 2.49. The molecule has 0 fully saturated rings. The molecule has 2 aromatic carbocycles. The molecule has 0 atom stereocenters. The first-order valence-electron chi connectivity index (χ1n) is 6.59. The van der Waals surface area contributed by atoms with Gasteiger partial charge in [0.2, 0.25) is 0 Å². The molecule has 0 aromatic heterocycles. The van der Waals surface area contributed by atoms with Crippen LogP contribution < -0.4 is 5.43 Å². The summed E-state index contributed by atoms with van der Waals surface area (Å²) < 4.78 is 0. The van der Waals surface area contributed by atoms with Crippen LogP contribution in [-0.2, 0) is 0 Å². The average molecular weight is 356 g/mol. The summed E-state index contributed by atoms with van der Waals surface area (Å²) in [6.45, 7) is 1.95. The third-order valence-corrected chi connectivity index (χ3v) is 3.78. The molecule has 0 heterocycles. The second kappa shape index (κ2) is 7.63. The summed E-state index contributed by atoms with van der Waals surface area (Å²) in [7, 11) is 0. The maximum absolute atomic E-state index is 12.1. The topological polar surface area (TPSA) is 41.5 Å². The van der Waals surface area contributed by atoms with Gasteiger partial charge in [0.1, 0.15) is 0 Å². The molecule has 0 unspecified atom stereocenters. The van der Waals surface area contributed by atoms with Crippen LogP contribution >= 0.6 is 34.8 Å². The highest BCUT2D eigenvalue weighted by Gasteiger charge is 2.10. The van der Waals surface area contributed by atoms with Crippen molar-refractivity contribution in [3.05, 3.63) is 68.7 Å². The molecule has 1 N–H and O–H groups in total. The van der Waals surface area contributed by atoms with Crippen molar-refractivity contribution in [2.24, 2.45) is 5.10 Å². The molecule has 0 saturated heterocycles. The number of hydrogen-bond donors (Lipinski definition) is 1. The van der Waals surface area contributed by atoms with Crippen LogP contribution in [0.4, 0.5) is 0 Å². The molecule has 0 aliphatic rings. The molecule has 0 aliphatic heterocycles. The summed E-state index contributed by atoms with van der Waals surface area (Å²) >= 11 is 17.7. The van der Waals surface area contributed by atoms with Crippen molar-refractivity contribution < 1.29 is 4.79 Å². The zero-order valence-electron chi connectivity index (χ0n) is 11.7. The van der Waals surface area contributed by atoms with E-state index in [2.05, 4.69) is 10.5 Å². The van der Waals surface area contributed by atoms with E-state index < -0.39 is 0 Å². The van der Waals surface area contributed by atoms with Gasteiger partial charge in [-0.15, -0.1) is 0 Å². The van der Waals surface area contributed by atoms with Crippen molar-refractivity contribution in [3.8, 4) is 0 Å². The Morgan fingerprint density at radius 1 is 1.05 bits per heavy atom. The van der Waals surface area contributed by atoms with Crippen molar-refractivity contribution in [2.75, 3.05) is 0 Å². The largest absolute Gasteiger partial charge is 0.272 e. The fourth-order valence-corrected chi connectivity index (χ4v) is 2.46. The highest BCUT2D eigenvalue weighted by Crippen LogP contribution is 2.20. The number of benzene rings is 2. The normalized spacial score (nSPS) is 11.4. The summed E-state index contributed by atoms with van der Waals surface area (Å²) in [6.07, 6.45) is 0.663. The minimum absolute atomic E-state index is 0.282. The second-order valence-corrected chi connectivity index (χ2v) is 5.76. The van der Waals surface area contributed by atoms with Gasteiger partial charge in [-0.2, -0.15) is 5.10 Å². The van der Waals surface area contributed by atoms with Crippen LogP contribution in [0.5, 0.6) is 0 Å². The number of nitrogens with zero attached hydrogens (tertiary/aromatic N) is 1. The highest BCUT2D eigenvalue weighted by molar-refractivity contribution is 6.36. The zero-order valence-corrected chi connectivity index (χ0v) is 14.0. The molecule has 1 amide bonds. The summed E-state index contributed by atoms with van der Waals surface area (Å²) in [4.78, 5) is 12.1. The number of rotatable bonds is 4. The summed E-state index contributed by atoms with van der Waals surface area (Å²) in [6, 6.07) is 11.9. The van der Waals surface area contributed by atoms with E-state index in [4.69, 9.17) is 34.8 Å². The van der Waals surface area contributed by atoms with Crippen LogP contribution in [0.25, 0.3) is 0 Å². The molecule has 0 saturated carbocycles. The molecular formula is C16H13Cl3N2O. The molecule has 0 spiro atoms. The third kappa shape index (κ3) is 4.23. The van der Waals surface area contributed by atoms with Gasteiger partial charge in [0.25, 0.3) is 5.91 Å². The summed E-state index contributed by atoms with van der Waals surface area (Å²) in [5.41, 5.74) is 4.48. The Balaban J connectivity index is 2.17. The van der Waals surface area contributed by atoms with Crippen molar-refractivity contribution in [1.82, 2.24) is 5.43 Å². The van der Waals surface area contributed by atoms with E-state index in [1.807, 2.05) is 19.1 Å². The zero-order chi connectivity index (χ0) is 16.1. The Morgan fingerprint density at radius 2 is 1.68 bits per heavy atom. The Labute approximate surface area is 143 Å². The maximum Gasteiger partial charge on any atom is 0.272 e. The minimum atomic E-state index is -0.387. The van der Waals surface area contributed by atoms with E-state index in [1.54, 1.807) is 24.3 Å². The Hall–Kier alpha value is -1.55. The van der Waals surface area contributed by atoms with Crippen molar-refractivity contribution >= 4 is 46.4 Å². The quantitative estimate of drug-likeness (QED) is 0.595. The number of amides is 1. The molecule has 2 aromatic rings. The third-order valence-electron chi connectivity index (χ3n) is 2.98. The first-order chi connectivity index (χ1) is 10.5. The number of hydrazone groups is 1. The van der Waals surface area contributed by atoms with Crippen LogP contribution in [-0.4, -0.2) is 11.6 Å². The predicted molar refractivity (Wildman–Crippen MR) is 92.2 cm³/mol. The molecule has 0 aliphatic carbocycles. The fourth-order valence-electron chi connectivity index (χ4n) is 1.84. The molecule has 114 valence electrons. The smallest absolute Gasteiger partial charge is 0.267 e. The van der Waals surface area contributed by atoms with Crippen LogP contribution in [0, 0.1) is 0 Å². The number of nitrogens with one attached hydrogen (secondary N) is 1. The van der Waals surface area contributed by atoms with E-state index in [9.17, 15) is 4.79 Å². The monoisotopic (exact) mass is 354 g/mol. The highest BCUT2D eigenvalue weighted by atomic mass is 35.5. The van der Waals surface area contributed by atoms with Crippen molar-refractivity contribution in [2.45, 2.75) is 13.3 Å². The molecule has 6 heteroatoms. The molecule has 22 heavy (non-hydrogen) atoms. The number of carbonyl (C=O) groups is 1. The van der Waals surface area contributed by atoms with E-state index in [0.717, 1.165) is 11.3 Å². The van der Waals surface area contributed by atoms with Crippen LogP contribution in [0.3, 0.4) is 0 Å². The van der Waals surface area contributed by atoms with Gasteiger partial charge in [0.05, 0.1) is 16.3 Å². The lowest BCUT2D eigenvalue weighted by molar-refractivity contribution is 0.0955. The fraction of sp³-hybridized carbons (Fsp3) is 0.125. The van der Waals surface area contributed by atoms with Crippen LogP contribution in [0.15, 0.2) is 47.6 Å². The van der Waals surface area contributed by atoms with Crippen molar-refractivity contribution in [3.63, 3.8) is 0 Å². The lowest BCUT2D eigenvalue weighted by atomic mass is 10.1. The van der Waals surface area contributed by atoms with Gasteiger partial charge in [-0.25, -0.2) is 5.43 Å². The van der Waals surface area contributed by atoms with Crippen molar-refractivity contribution in [1.29, 1.82) is 0 Å². The van der Waals surface area contributed by atoms with Gasteiger partial charge in [-0.1, -0.05) is 53.9 Å². The second-order valence-electron chi connectivity index (χ2n) is 4.48. The van der Waals surface area contributed by atoms with Gasteiger partial charge < -0.3 is 0 Å². The molecule has 0 bridgehead atoms. The first-order valence-corrected chi connectivity index (χ1v) is 7.72.